The van der Waals surface area contributed by atoms with Gasteiger partial charge in [0.05, 0.1) is 23.1 Å². The number of phenols is 1. The Labute approximate surface area is 165 Å². The first-order valence-electron chi connectivity index (χ1n) is 8.66. The summed E-state index contributed by atoms with van der Waals surface area (Å²) < 4.78 is 5.02. The number of aliphatic hydroxyl groups is 1. The third-order valence-corrected chi connectivity index (χ3v) is 4.64. The number of ketones is 1. The fraction of sp³-hybridized carbons (Fsp3) is 0.200. The highest BCUT2D eigenvalue weighted by molar-refractivity contribution is 6.46. The van der Waals surface area contributed by atoms with Crippen LogP contribution < -0.4 is 0 Å². The van der Waals surface area contributed by atoms with Gasteiger partial charge in [-0.2, -0.15) is 0 Å². The molecule has 1 heterocycles. The van der Waals surface area contributed by atoms with Crippen molar-refractivity contribution in [2.45, 2.75) is 6.04 Å². The summed E-state index contributed by atoms with van der Waals surface area (Å²) in [5, 5.41) is 31.2. The molecule has 29 heavy (non-hydrogen) atoms. The molecule has 9 nitrogen and oxygen atoms in total. The smallest absolute Gasteiger partial charge is 0.295 e. The van der Waals surface area contributed by atoms with Crippen LogP contribution in [0.15, 0.2) is 54.1 Å². The van der Waals surface area contributed by atoms with Crippen molar-refractivity contribution in [3.8, 4) is 5.75 Å². The Kier molecular flexibility index (Phi) is 5.60. The van der Waals surface area contributed by atoms with Crippen LogP contribution in [-0.4, -0.2) is 52.0 Å². The molecule has 1 aliphatic heterocycles. The third kappa shape index (κ3) is 3.81. The van der Waals surface area contributed by atoms with Crippen LogP contribution in [0.25, 0.3) is 5.76 Å². The molecule has 2 aromatic rings. The quantitative estimate of drug-likeness (QED) is 0.251. The summed E-state index contributed by atoms with van der Waals surface area (Å²) in [5.74, 6) is -2.08. The lowest BCUT2D eigenvalue weighted by atomic mass is 9.95. The monoisotopic (exact) mass is 398 g/mol. The molecular weight excluding hydrogens is 380 g/mol. The lowest BCUT2D eigenvalue weighted by Crippen LogP contribution is -2.32. The molecule has 3 rings (SSSR count). The van der Waals surface area contributed by atoms with Gasteiger partial charge in [0.2, 0.25) is 0 Å². The van der Waals surface area contributed by atoms with Gasteiger partial charge in [-0.3, -0.25) is 19.7 Å². The number of likely N-dealkylation sites (tertiary alicyclic amines) is 1. The third-order valence-electron chi connectivity index (χ3n) is 4.64. The lowest BCUT2D eigenvalue weighted by Gasteiger charge is -2.25. The molecule has 0 saturated carbocycles. The van der Waals surface area contributed by atoms with Crippen LogP contribution in [0.3, 0.4) is 0 Å². The number of non-ortho nitro benzene ring substituents is 1. The van der Waals surface area contributed by atoms with Gasteiger partial charge in [-0.1, -0.05) is 12.1 Å². The number of aromatic hydroxyl groups is 1. The zero-order chi connectivity index (χ0) is 21.1. The SMILES string of the molecule is COCCN1C(=O)C(=O)/C(=C(\O)c2ccc([N+](=O)[O-])cc2)C1c1ccc(O)cc1. The van der Waals surface area contributed by atoms with Gasteiger partial charge in [0.25, 0.3) is 17.4 Å². The summed E-state index contributed by atoms with van der Waals surface area (Å²) in [4.78, 5) is 36.8. The lowest BCUT2D eigenvalue weighted by molar-refractivity contribution is -0.384. The van der Waals surface area contributed by atoms with E-state index >= 15 is 0 Å². The largest absolute Gasteiger partial charge is 0.508 e. The van der Waals surface area contributed by atoms with E-state index in [1.807, 2.05) is 0 Å². The van der Waals surface area contributed by atoms with E-state index in [-0.39, 0.29) is 35.7 Å². The number of rotatable bonds is 6. The molecular formula is C20H18N2O7. The van der Waals surface area contributed by atoms with E-state index < -0.39 is 28.4 Å². The van der Waals surface area contributed by atoms with Crippen LogP contribution >= 0.6 is 0 Å². The van der Waals surface area contributed by atoms with E-state index in [1.165, 1.54) is 48.4 Å². The van der Waals surface area contributed by atoms with Crippen molar-refractivity contribution in [1.29, 1.82) is 0 Å². The summed E-state index contributed by atoms with van der Waals surface area (Å²) in [5.41, 5.74) is 0.383. The molecule has 150 valence electrons. The Morgan fingerprint density at radius 3 is 2.31 bits per heavy atom. The molecule has 0 spiro atoms. The first-order chi connectivity index (χ1) is 13.8. The average molecular weight is 398 g/mol. The van der Waals surface area contributed by atoms with Crippen molar-refractivity contribution in [3.05, 3.63) is 75.3 Å². The van der Waals surface area contributed by atoms with Crippen molar-refractivity contribution in [1.82, 2.24) is 4.90 Å². The second kappa shape index (κ2) is 8.11. The van der Waals surface area contributed by atoms with Gasteiger partial charge in [-0.25, -0.2) is 0 Å². The number of ether oxygens (including phenoxy) is 1. The van der Waals surface area contributed by atoms with E-state index in [9.17, 15) is 29.9 Å². The number of amides is 1. The highest BCUT2D eigenvalue weighted by Gasteiger charge is 2.45. The first-order valence-corrected chi connectivity index (χ1v) is 8.66. The van der Waals surface area contributed by atoms with Gasteiger partial charge in [0, 0.05) is 31.4 Å². The van der Waals surface area contributed by atoms with Gasteiger partial charge in [-0.05, 0) is 29.8 Å². The molecule has 0 aliphatic carbocycles. The number of nitro benzene ring substituents is 1. The number of Topliss-reactive ketones (excluding diaryl/α,β-unsaturated/α-hetero) is 1. The van der Waals surface area contributed by atoms with Gasteiger partial charge in [-0.15, -0.1) is 0 Å². The van der Waals surface area contributed by atoms with Crippen LogP contribution in [0.5, 0.6) is 5.75 Å². The summed E-state index contributed by atoms with van der Waals surface area (Å²) in [7, 11) is 1.46. The van der Waals surface area contributed by atoms with Gasteiger partial charge in [0.1, 0.15) is 11.5 Å². The van der Waals surface area contributed by atoms with Gasteiger partial charge < -0.3 is 19.8 Å². The molecule has 2 aromatic carbocycles. The van der Waals surface area contributed by atoms with E-state index in [4.69, 9.17) is 4.74 Å². The maximum atomic E-state index is 12.7. The standard InChI is InChI=1S/C20H18N2O7/c1-29-11-10-21-17(12-4-8-15(23)9-5-12)16(19(25)20(21)26)18(24)13-2-6-14(7-3-13)22(27)28/h2-9,17,23-24H,10-11H2,1H3/b18-16-. The number of benzene rings is 2. The number of phenolic OH excluding ortho intramolecular Hbond substituents is 1. The molecule has 0 radical (unpaired) electrons. The second-order valence-corrected chi connectivity index (χ2v) is 6.38. The van der Waals surface area contributed by atoms with Crippen LogP contribution in [-0.2, 0) is 14.3 Å². The van der Waals surface area contributed by atoms with Crippen molar-refractivity contribution < 1.29 is 29.5 Å². The van der Waals surface area contributed by atoms with Crippen molar-refractivity contribution >= 4 is 23.1 Å². The fourth-order valence-corrected chi connectivity index (χ4v) is 3.20. The highest BCUT2D eigenvalue weighted by atomic mass is 16.6. The van der Waals surface area contributed by atoms with E-state index in [0.29, 0.717) is 5.56 Å². The number of carbonyl (C=O) groups is 2. The van der Waals surface area contributed by atoms with E-state index in [2.05, 4.69) is 0 Å². The molecule has 1 unspecified atom stereocenters. The summed E-state index contributed by atoms with van der Waals surface area (Å²) in [6.45, 7) is 0.294. The molecule has 1 amide bonds. The van der Waals surface area contributed by atoms with Crippen molar-refractivity contribution in [3.63, 3.8) is 0 Å². The maximum absolute atomic E-state index is 12.7. The molecule has 1 saturated heterocycles. The Balaban J connectivity index is 2.12. The van der Waals surface area contributed by atoms with Crippen LogP contribution in [0.1, 0.15) is 17.2 Å². The number of nitro groups is 1. The maximum Gasteiger partial charge on any atom is 0.295 e. The molecule has 1 atom stereocenters. The number of carbonyl (C=O) groups excluding carboxylic acids is 2. The van der Waals surface area contributed by atoms with Crippen LogP contribution in [0.2, 0.25) is 0 Å². The number of hydrogen-bond acceptors (Lipinski definition) is 7. The van der Waals surface area contributed by atoms with Crippen LogP contribution in [0.4, 0.5) is 5.69 Å². The molecule has 1 aliphatic rings. The van der Waals surface area contributed by atoms with Crippen molar-refractivity contribution in [2.24, 2.45) is 0 Å². The zero-order valence-electron chi connectivity index (χ0n) is 15.4. The van der Waals surface area contributed by atoms with Crippen LogP contribution in [0, 0.1) is 10.1 Å². The number of nitrogens with zero attached hydrogens (tertiary/aromatic N) is 2. The second-order valence-electron chi connectivity index (χ2n) is 6.38. The highest BCUT2D eigenvalue weighted by Crippen LogP contribution is 2.39. The molecule has 1 fully saturated rings. The number of aliphatic hydroxyl groups excluding tert-OH is 1. The topological polar surface area (TPSA) is 130 Å². The minimum absolute atomic E-state index is 0.0120. The number of hydrogen-bond donors (Lipinski definition) is 2. The van der Waals surface area contributed by atoms with E-state index in [0.717, 1.165) is 0 Å². The Bertz CT molecular complexity index is 981. The molecule has 9 heteroatoms. The molecule has 0 aromatic heterocycles. The first kappa shape index (κ1) is 20.0. The minimum atomic E-state index is -0.888. The average Bonchev–Trinajstić information content (AvgIpc) is 2.97. The summed E-state index contributed by atoms with van der Waals surface area (Å²) in [6.07, 6.45) is 0. The summed E-state index contributed by atoms with van der Waals surface area (Å²) >= 11 is 0. The summed E-state index contributed by atoms with van der Waals surface area (Å²) in [6, 6.07) is 10.1. The molecule has 0 bridgehead atoms. The van der Waals surface area contributed by atoms with E-state index in [1.54, 1.807) is 12.1 Å². The predicted octanol–water partition coefficient (Wildman–Crippen LogP) is 2.37. The Morgan fingerprint density at radius 1 is 1.14 bits per heavy atom. The number of methoxy groups -OCH3 is 1. The van der Waals surface area contributed by atoms with Gasteiger partial charge in [0.15, 0.2) is 0 Å². The Hall–Kier alpha value is -3.72. The molecule has 2 N–H and O–H groups in total. The van der Waals surface area contributed by atoms with Crippen molar-refractivity contribution in [2.75, 3.05) is 20.3 Å². The normalized spacial score (nSPS) is 18.2. The Morgan fingerprint density at radius 2 is 1.76 bits per heavy atom. The zero-order valence-corrected chi connectivity index (χ0v) is 15.4. The fourth-order valence-electron chi connectivity index (χ4n) is 3.20. The van der Waals surface area contributed by atoms with Gasteiger partial charge >= 0.3 is 0 Å². The minimum Gasteiger partial charge on any atom is -0.508 e. The predicted molar refractivity (Wildman–Crippen MR) is 102 cm³/mol.